The van der Waals surface area contributed by atoms with Gasteiger partial charge in [-0.1, -0.05) is 23.7 Å². The molecular formula is C36H37ClF3N5O7S. The van der Waals surface area contributed by atoms with E-state index in [0.717, 1.165) is 35.8 Å². The van der Waals surface area contributed by atoms with Gasteiger partial charge in [-0.25, -0.2) is 17.5 Å². The van der Waals surface area contributed by atoms with Gasteiger partial charge >= 0.3 is 12.1 Å². The van der Waals surface area contributed by atoms with Gasteiger partial charge in [-0.05, 0) is 92.9 Å². The lowest BCUT2D eigenvalue weighted by Gasteiger charge is -2.42. The predicted molar refractivity (Wildman–Crippen MR) is 188 cm³/mol. The van der Waals surface area contributed by atoms with Crippen LogP contribution >= 0.6 is 11.6 Å². The maximum atomic E-state index is 15.3. The normalized spacial score (nSPS) is 20.4. The number of methoxy groups -OCH3 is 1. The Kier molecular flexibility index (Phi) is 11.4. The van der Waals surface area contributed by atoms with E-state index in [0.29, 0.717) is 47.8 Å². The van der Waals surface area contributed by atoms with Crippen LogP contribution < -0.4 is 9.04 Å². The number of hydrogen-bond donors (Lipinski definition) is 1. The maximum absolute atomic E-state index is 15.3. The minimum atomic E-state index is -5.08. The molecule has 0 aromatic heterocycles. The molecule has 6 rings (SSSR count). The third-order valence-corrected chi connectivity index (χ3v) is 11.4. The predicted octanol–water partition coefficient (Wildman–Crippen LogP) is 4.98. The monoisotopic (exact) mass is 775 g/mol. The molecule has 282 valence electrons. The van der Waals surface area contributed by atoms with Gasteiger partial charge in [0.05, 0.1) is 35.4 Å². The van der Waals surface area contributed by atoms with E-state index in [-0.39, 0.29) is 22.1 Å². The van der Waals surface area contributed by atoms with E-state index in [2.05, 4.69) is 4.90 Å². The van der Waals surface area contributed by atoms with Crippen LogP contribution in [0.4, 0.5) is 18.9 Å². The van der Waals surface area contributed by atoms with E-state index in [1.807, 2.05) is 29.2 Å². The van der Waals surface area contributed by atoms with E-state index >= 15 is 4.79 Å². The number of nitriles is 1. The van der Waals surface area contributed by atoms with Crippen LogP contribution in [0.1, 0.15) is 47.9 Å². The molecule has 2 amide bonds. The van der Waals surface area contributed by atoms with Crippen molar-refractivity contribution in [1.82, 2.24) is 14.7 Å². The summed E-state index contributed by atoms with van der Waals surface area (Å²) in [4.78, 5) is 43.4. The number of sulfonamides is 1. The smallest absolute Gasteiger partial charge is 0.490 e. The molecular weight excluding hydrogens is 739 g/mol. The number of hydrogen-bond acceptors (Lipinski definition) is 9. The summed E-state index contributed by atoms with van der Waals surface area (Å²) >= 11 is 6.61. The number of halogens is 4. The highest BCUT2D eigenvalue weighted by Crippen LogP contribution is 2.55. The first kappa shape index (κ1) is 39.5. The van der Waals surface area contributed by atoms with E-state index in [1.54, 1.807) is 26.2 Å². The molecule has 0 spiro atoms. The first-order valence-electron chi connectivity index (χ1n) is 16.6. The average molecular weight is 776 g/mol. The van der Waals surface area contributed by atoms with Crippen LogP contribution in [0.2, 0.25) is 5.02 Å². The summed E-state index contributed by atoms with van der Waals surface area (Å²) in [5.41, 5.74) is 0.457. The summed E-state index contributed by atoms with van der Waals surface area (Å²) in [7, 11) is 0.384. The van der Waals surface area contributed by atoms with Gasteiger partial charge < -0.3 is 14.7 Å². The number of carbonyl (C=O) groups is 3. The van der Waals surface area contributed by atoms with Crippen molar-refractivity contribution in [3.05, 3.63) is 87.9 Å². The number of ether oxygens (including phenoxy) is 1. The van der Waals surface area contributed by atoms with Crippen molar-refractivity contribution in [3.63, 3.8) is 0 Å². The second-order valence-electron chi connectivity index (χ2n) is 13.0. The van der Waals surface area contributed by atoms with Crippen molar-refractivity contribution in [2.24, 2.45) is 0 Å². The van der Waals surface area contributed by atoms with Gasteiger partial charge in [0, 0.05) is 43.3 Å². The third kappa shape index (κ3) is 7.43. The Morgan fingerprint density at radius 3 is 2.23 bits per heavy atom. The van der Waals surface area contributed by atoms with E-state index in [9.17, 15) is 31.6 Å². The highest BCUT2D eigenvalue weighted by molar-refractivity contribution is 7.93. The summed E-state index contributed by atoms with van der Waals surface area (Å²) < 4.78 is 67.4. The third-order valence-electron chi connectivity index (χ3n) is 9.50. The second kappa shape index (κ2) is 15.3. The fourth-order valence-corrected chi connectivity index (χ4v) is 8.77. The number of likely N-dealkylation sites (tertiary alicyclic amines) is 2. The van der Waals surface area contributed by atoms with E-state index < -0.39 is 39.7 Å². The molecule has 3 aromatic carbocycles. The highest BCUT2D eigenvalue weighted by Gasteiger charge is 2.63. The van der Waals surface area contributed by atoms with Crippen LogP contribution in [0, 0.1) is 11.3 Å². The van der Waals surface area contributed by atoms with Gasteiger partial charge in [-0.15, -0.1) is 0 Å². The molecule has 0 radical (unpaired) electrons. The first-order valence-corrected chi connectivity index (χ1v) is 18.4. The molecule has 2 fully saturated rings. The highest BCUT2D eigenvalue weighted by atomic mass is 35.5. The fraction of sp³-hybridized carbons (Fsp3) is 0.389. The zero-order chi connectivity index (χ0) is 38.9. The van der Waals surface area contributed by atoms with E-state index in [4.69, 9.17) is 26.2 Å². The second-order valence-corrected chi connectivity index (χ2v) is 15.2. The SMILES string of the molecule is COc1cc(CN2CCCC2)ccc1[C@]1(N2CCCC2C(=O)N(C)C)C(=O)N(S(=O)(=O)c2ccc(C#N)cc2)c2ccc(Cl)cc21.O=C(O)C(F)(F)F. The van der Waals surface area contributed by atoms with Crippen LogP contribution in [0.15, 0.2) is 65.6 Å². The first-order chi connectivity index (χ1) is 25.0. The Labute approximate surface area is 309 Å². The molecule has 53 heavy (non-hydrogen) atoms. The van der Waals surface area contributed by atoms with Gasteiger partial charge in [0.2, 0.25) is 5.91 Å². The lowest BCUT2D eigenvalue weighted by atomic mass is 9.80. The molecule has 1 N–H and O–H groups in total. The molecule has 0 bridgehead atoms. The number of nitrogens with zero attached hydrogens (tertiary/aromatic N) is 5. The lowest BCUT2D eigenvalue weighted by Crippen LogP contribution is -2.59. The van der Waals surface area contributed by atoms with Crippen molar-refractivity contribution in [2.75, 3.05) is 45.1 Å². The van der Waals surface area contributed by atoms with Crippen LogP contribution in [-0.4, -0.2) is 99.1 Å². The number of benzene rings is 3. The van der Waals surface area contributed by atoms with Crippen molar-refractivity contribution in [2.45, 2.75) is 54.9 Å². The molecule has 0 aliphatic carbocycles. The number of alkyl halides is 3. The number of carboxylic acids is 1. The number of carboxylic acid groups (broad SMARTS) is 1. The summed E-state index contributed by atoms with van der Waals surface area (Å²) in [6.45, 7) is 3.07. The number of rotatable bonds is 8. The van der Waals surface area contributed by atoms with Crippen LogP contribution in [-0.2, 0) is 36.5 Å². The van der Waals surface area contributed by atoms with Crippen molar-refractivity contribution in [1.29, 1.82) is 5.26 Å². The molecule has 3 aliphatic rings. The largest absolute Gasteiger partial charge is 0.496 e. The zero-order valence-corrected chi connectivity index (χ0v) is 30.6. The number of aliphatic carboxylic acids is 1. The van der Waals surface area contributed by atoms with Gasteiger partial charge in [0.15, 0.2) is 5.54 Å². The lowest BCUT2D eigenvalue weighted by molar-refractivity contribution is -0.192. The Bertz CT molecular complexity index is 2050. The quantitative estimate of drug-likeness (QED) is 0.332. The summed E-state index contributed by atoms with van der Waals surface area (Å²) in [6, 6.07) is 17.1. The summed E-state index contributed by atoms with van der Waals surface area (Å²) in [5, 5.41) is 16.7. The fourth-order valence-electron chi connectivity index (χ4n) is 7.14. The summed E-state index contributed by atoms with van der Waals surface area (Å²) in [5.74, 6) is -3.28. The molecule has 2 saturated heterocycles. The van der Waals surface area contributed by atoms with Crippen LogP contribution in [0.3, 0.4) is 0 Å². The van der Waals surface area contributed by atoms with Crippen molar-refractivity contribution in [3.8, 4) is 11.8 Å². The Balaban J connectivity index is 0.000000705. The molecule has 0 saturated carbocycles. The number of anilines is 1. The van der Waals surface area contributed by atoms with Crippen molar-refractivity contribution >= 4 is 45.1 Å². The molecule has 3 aliphatic heterocycles. The average Bonchev–Trinajstić information content (AvgIpc) is 3.87. The number of fused-ring (bicyclic) bond motifs is 1. The number of amides is 2. The molecule has 12 nitrogen and oxygen atoms in total. The van der Waals surface area contributed by atoms with Gasteiger partial charge in [-0.3, -0.25) is 19.4 Å². The van der Waals surface area contributed by atoms with Crippen LogP contribution in [0.25, 0.3) is 0 Å². The molecule has 1 unspecified atom stereocenters. The molecule has 2 atom stereocenters. The van der Waals surface area contributed by atoms with Gasteiger partial charge in [0.25, 0.3) is 15.9 Å². The van der Waals surface area contributed by atoms with Crippen molar-refractivity contribution < 1.29 is 45.8 Å². The van der Waals surface area contributed by atoms with Crippen LogP contribution in [0.5, 0.6) is 5.75 Å². The Hall–Kier alpha value is -4.69. The zero-order valence-electron chi connectivity index (χ0n) is 29.1. The minimum absolute atomic E-state index is 0.143. The minimum Gasteiger partial charge on any atom is -0.496 e. The Morgan fingerprint density at radius 2 is 1.66 bits per heavy atom. The summed E-state index contributed by atoms with van der Waals surface area (Å²) in [6.07, 6.45) is -1.69. The molecule has 3 aromatic rings. The van der Waals surface area contributed by atoms with Gasteiger partial charge in [0.1, 0.15) is 5.75 Å². The van der Waals surface area contributed by atoms with E-state index in [1.165, 1.54) is 42.3 Å². The standard InChI is InChI=1S/C34H36ClN5O5S.C2HF3O2/c1-37(2)32(41)30-7-6-18-39(30)34(27-14-10-24(19-31(27)45-3)22-38-16-4-5-17-38)28-20-25(35)11-15-29(28)40(33(34)42)46(43,44)26-12-8-23(21-36)9-13-26;3-2(4,5)1(6)7/h8-15,19-20,30H,4-7,16-18,22H2,1-3H3;(H,6,7)/t30?,34-;/m1./s1. The Morgan fingerprint density at radius 1 is 1.02 bits per heavy atom. The molecule has 17 heteroatoms. The number of carbonyl (C=O) groups excluding carboxylic acids is 2. The topological polar surface area (TPSA) is 152 Å². The molecule has 3 heterocycles. The maximum Gasteiger partial charge on any atom is 0.490 e. The van der Waals surface area contributed by atoms with Gasteiger partial charge in [-0.2, -0.15) is 18.4 Å². The number of likely N-dealkylation sites (N-methyl/N-ethyl adjacent to an activating group) is 1.